The lowest BCUT2D eigenvalue weighted by atomic mass is 10.1. The molecule has 162 valence electrons. The number of halogens is 2. The summed E-state index contributed by atoms with van der Waals surface area (Å²) in [7, 11) is 1.46. The molecule has 1 aliphatic heterocycles. The lowest BCUT2D eigenvalue weighted by Gasteiger charge is -2.16. The van der Waals surface area contributed by atoms with E-state index in [9.17, 15) is 14.7 Å². The fourth-order valence-electron chi connectivity index (χ4n) is 2.65. The number of amidine groups is 1. The normalized spacial score (nSPS) is 17.0. The Morgan fingerprint density at radius 3 is 2.68 bits per heavy atom. The van der Waals surface area contributed by atoms with Gasteiger partial charge < -0.3 is 19.9 Å². The van der Waals surface area contributed by atoms with Gasteiger partial charge in [0.15, 0.2) is 22.8 Å². The van der Waals surface area contributed by atoms with Crippen LogP contribution in [0.3, 0.4) is 0 Å². The fraction of sp³-hybridized carbons (Fsp3) is 0.190. The second-order valence-electron chi connectivity index (χ2n) is 6.34. The van der Waals surface area contributed by atoms with E-state index in [1.165, 1.54) is 18.9 Å². The molecular formula is C21H18Cl2N2O5S. The van der Waals surface area contributed by atoms with Crippen LogP contribution in [-0.4, -0.2) is 35.4 Å². The molecule has 10 heteroatoms. The van der Waals surface area contributed by atoms with Gasteiger partial charge in [-0.25, -0.2) is 9.79 Å². The van der Waals surface area contributed by atoms with E-state index in [4.69, 9.17) is 32.7 Å². The van der Waals surface area contributed by atoms with Gasteiger partial charge in [0, 0.05) is 5.02 Å². The average molecular weight is 481 g/mol. The third-order valence-corrected chi connectivity index (χ3v) is 5.63. The number of ether oxygens (including phenoxy) is 2. The lowest BCUT2D eigenvalue weighted by Crippen LogP contribution is -2.26. The van der Waals surface area contributed by atoms with Gasteiger partial charge in [-0.3, -0.25) is 4.79 Å². The number of carboxylic acids is 1. The van der Waals surface area contributed by atoms with Crippen molar-refractivity contribution in [3.63, 3.8) is 0 Å². The third-order valence-electron chi connectivity index (χ3n) is 4.18. The highest BCUT2D eigenvalue weighted by atomic mass is 35.5. The Labute approximate surface area is 193 Å². The lowest BCUT2D eigenvalue weighted by molar-refractivity contribution is -0.145. The van der Waals surface area contributed by atoms with E-state index in [1.54, 1.807) is 49.4 Å². The molecule has 0 aliphatic carbocycles. The molecule has 1 heterocycles. The van der Waals surface area contributed by atoms with Crippen LogP contribution >= 0.6 is 35.0 Å². The highest BCUT2D eigenvalue weighted by molar-refractivity contribution is 8.18. The van der Waals surface area contributed by atoms with Gasteiger partial charge >= 0.3 is 5.97 Å². The van der Waals surface area contributed by atoms with Crippen molar-refractivity contribution in [2.75, 3.05) is 7.11 Å². The minimum atomic E-state index is -1.05. The topological polar surface area (TPSA) is 97.2 Å². The number of carbonyl (C=O) groups is 2. The van der Waals surface area contributed by atoms with Crippen LogP contribution in [0.5, 0.6) is 11.5 Å². The summed E-state index contributed by atoms with van der Waals surface area (Å²) in [6, 6.07) is 9.88. The highest BCUT2D eigenvalue weighted by Crippen LogP contribution is 2.34. The van der Waals surface area contributed by atoms with Crippen LogP contribution in [0, 0.1) is 0 Å². The molecule has 2 aromatic carbocycles. The number of hydrogen-bond donors (Lipinski definition) is 2. The van der Waals surface area contributed by atoms with Gasteiger partial charge in [-0.1, -0.05) is 36.2 Å². The molecule has 0 radical (unpaired) electrons. The second kappa shape index (κ2) is 10.1. The van der Waals surface area contributed by atoms with Gasteiger partial charge in [-0.2, -0.15) is 0 Å². The van der Waals surface area contributed by atoms with Gasteiger partial charge in [0.25, 0.3) is 5.91 Å². The van der Waals surface area contributed by atoms with Crippen LogP contribution in [0.2, 0.25) is 10.0 Å². The molecule has 1 amide bonds. The summed E-state index contributed by atoms with van der Waals surface area (Å²) in [6.45, 7) is 1.72. The van der Waals surface area contributed by atoms with Crippen LogP contribution in [0.15, 0.2) is 46.3 Å². The Hall–Kier alpha value is -2.68. The third kappa shape index (κ3) is 5.72. The van der Waals surface area contributed by atoms with Crippen LogP contribution in [0.1, 0.15) is 18.9 Å². The van der Waals surface area contributed by atoms with E-state index < -0.39 is 12.1 Å². The zero-order valence-electron chi connectivity index (χ0n) is 16.5. The summed E-state index contributed by atoms with van der Waals surface area (Å²) in [5.41, 5.74) is 1.16. The van der Waals surface area contributed by atoms with Crippen LogP contribution < -0.4 is 14.8 Å². The molecule has 0 bridgehead atoms. The number of thioether (sulfide) groups is 1. The smallest absolute Gasteiger partial charge is 0.344 e. The van der Waals surface area contributed by atoms with Crippen molar-refractivity contribution in [1.29, 1.82) is 0 Å². The van der Waals surface area contributed by atoms with Gasteiger partial charge in [0.2, 0.25) is 0 Å². The number of carboxylic acid groups (broad SMARTS) is 1. The van der Waals surface area contributed by atoms with E-state index in [1.807, 2.05) is 0 Å². The SMILES string of the molecule is CCC(Oc1ccc(/C=C2/SC(=Nc3ccc(Cl)cc3Cl)NC2=O)cc1OC)C(=O)O. The first kappa shape index (κ1) is 23.0. The first-order valence-corrected chi connectivity index (χ1v) is 10.7. The Bertz CT molecular complexity index is 1090. The predicted molar refractivity (Wildman–Crippen MR) is 123 cm³/mol. The number of hydrogen-bond acceptors (Lipinski definition) is 6. The van der Waals surface area contributed by atoms with E-state index in [0.717, 1.165) is 0 Å². The number of nitrogens with zero attached hydrogens (tertiary/aromatic N) is 1. The van der Waals surface area contributed by atoms with E-state index in [2.05, 4.69) is 10.3 Å². The van der Waals surface area contributed by atoms with Crippen LogP contribution in [0.25, 0.3) is 6.08 Å². The Morgan fingerprint density at radius 2 is 2.03 bits per heavy atom. The number of rotatable bonds is 7. The van der Waals surface area contributed by atoms with Crippen LogP contribution in [0.4, 0.5) is 5.69 Å². The summed E-state index contributed by atoms with van der Waals surface area (Å²) in [6.07, 6.45) is 1.00. The summed E-state index contributed by atoms with van der Waals surface area (Å²) >= 11 is 13.2. The van der Waals surface area contributed by atoms with Crippen molar-refractivity contribution < 1.29 is 24.2 Å². The second-order valence-corrected chi connectivity index (χ2v) is 8.22. The number of amides is 1. The molecular weight excluding hydrogens is 463 g/mol. The minimum Gasteiger partial charge on any atom is -0.493 e. The van der Waals surface area contributed by atoms with Crippen LogP contribution in [-0.2, 0) is 9.59 Å². The molecule has 3 rings (SSSR count). The Morgan fingerprint density at radius 1 is 1.26 bits per heavy atom. The summed E-state index contributed by atoms with van der Waals surface area (Å²) in [4.78, 5) is 28.4. The fourth-order valence-corrected chi connectivity index (χ4v) is 3.93. The summed E-state index contributed by atoms with van der Waals surface area (Å²) in [5.74, 6) is -0.686. The van der Waals surface area contributed by atoms with Gasteiger partial charge in [0.1, 0.15) is 0 Å². The predicted octanol–water partition coefficient (Wildman–Crippen LogP) is 5.14. The first-order chi connectivity index (χ1) is 14.8. The minimum absolute atomic E-state index is 0.301. The van der Waals surface area contributed by atoms with Gasteiger partial charge in [-0.15, -0.1) is 0 Å². The van der Waals surface area contributed by atoms with Crippen molar-refractivity contribution in [3.05, 3.63) is 56.9 Å². The molecule has 0 aromatic heterocycles. The molecule has 2 N–H and O–H groups in total. The molecule has 1 saturated heterocycles. The number of methoxy groups -OCH3 is 1. The highest BCUT2D eigenvalue weighted by Gasteiger charge is 2.24. The summed E-state index contributed by atoms with van der Waals surface area (Å²) in [5, 5.41) is 13.1. The molecule has 0 spiro atoms. The van der Waals surface area contributed by atoms with Crippen molar-refractivity contribution in [3.8, 4) is 11.5 Å². The molecule has 31 heavy (non-hydrogen) atoms. The van der Waals surface area contributed by atoms with Crippen molar-refractivity contribution in [2.24, 2.45) is 4.99 Å². The molecule has 1 unspecified atom stereocenters. The van der Waals surface area contributed by atoms with Crippen molar-refractivity contribution in [2.45, 2.75) is 19.4 Å². The number of nitrogens with one attached hydrogen (secondary N) is 1. The summed E-state index contributed by atoms with van der Waals surface area (Å²) < 4.78 is 10.8. The van der Waals surface area contributed by atoms with Crippen molar-refractivity contribution in [1.82, 2.24) is 5.32 Å². The Balaban J connectivity index is 1.82. The quantitative estimate of drug-likeness (QED) is 0.532. The Kier molecular flexibility index (Phi) is 7.48. The largest absolute Gasteiger partial charge is 0.493 e. The molecule has 2 aromatic rings. The number of benzene rings is 2. The van der Waals surface area contributed by atoms with Crippen molar-refractivity contribution >= 4 is 63.8 Å². The number of aliphatic imine (C=N–C) groups is 1. The van der Waals surface area contributed by atoms with E-state index in [0.29, 0.717) is 49.3 Å². The molecule has 1 atom stereocenters. The average Bonchev–Trinajstić information content (AvgIpc) is 3.07. The molecule has 7 nitrogen and oxygen atoms in total. The molecule has 1 fully saturated rings. The first-order valence-electron chi connectivity index (χ1n) is 9.12. The standard InChI is InChI=1S/C21H18Cl2N2O5S/c1-3-15(20(27)28)30-16-7-4-11(8-17(16)29-2)9-18-19(26)25-21(31-18)24-14-6-5-12(22)10-13(14)23/h4-10,15H,3H2,1-2H3,(H,27,28)(H,24,25,26)/b18-9+. The van der Waals surface area contributed by atoms with Gasteiger partial charge in [-0.05, 0) is 60.2 Å². The van der Waals surface area contributed by atoms with Gasteiger partial charge in [0.05, 0.1) is 22.7 Å². The maximum absolute atomic E-state index is 12.3. The monoisotopic (exact) mass is 480 g/mol. The van der Waals surface area contributed by atoms with E-state index >= 15 is 0 Å². The maximum atomic E-state index is 12.3. The zero-order valence-corrected chi connectivity index (χ0v) is 18.8. The number of aliphatic carboxylic acids is 1. The molecule has 1 aliphatic rings. The molecule has 0 saturated carbocycles. The van der Waals surface area contributed by atoms with E-state index in [-0.39, 0.29) is 5.91 Å². The number of carbonyl (C=O) groups excluding carboxylic acids is 1. The zero-order chi connectivity index (χ0) is 22.5. The maximum Gasteiger partial charge on any atom is 0.344 e.